The van der Waals surface area contributed by atoms with Crippen LogP contribution < -0.4 is 0 Å². The first-order valence-corrected chi connectivity index (χ1v) is 6.22. The van der Waals surface area contributed by atoms with Crippen molar-refractivity contribution in [3.8, 4) is 0 Å². The number of carbonyl (C=O) groups is 1. The fraction of sp³-hybridized carbons (Fsp3) is 0.636. The first-order chi connectivity index (χ1) is 7.44. The molecule has 0 unspecified atom stereocenters. The van der Waals surface area contributed by atoms with Gasteiger partial charge in [-0.2, -0.15) is 0 Å². The number of aliphatic carboxylic acids is 1. The van der Waals surface area contributed by atoms with Crippen LogP contribution in [-0.4, -0.2) is 20.6 Å². The Morgan fingerprint density at radius 3 is 2.81 bits per heavy atom. The molecule has 0 spiro atoms. The zero-order valence-corrected chi connectivity index (χ0v) is 11.0. The smallest absolute Gasteiger partial charge is 0.316 e. The molecule has 0 amide bonds. The number of rotatable bonds is 2. The molecule has 0 saturated heterocycles. The van der Waals surface area contributed by atoms with E-state index in [0.29, 0.717) is 5.82 Å². The number of imidazole rings is 1. The number of carboxylic acid groups (broad SMARTS) is 1. The van der Waals surface area contributed by atoms with Crippen molar-refractivity contribution in [3.63, 3.8) is 0 Å². The largest absolute Gasteiger partial charge is 0.481 e. The lowest BCUT2D eigenvalue weighted by Gasteiger charge is -2.23. The minimum absolute atomic E-state index is 0.654. The fourth-order valence-electron chi connectivity index (χ4n) is 2.07. The third-order valence-corrected chi connectivity index (χ3v) is 3.80. The van der Waals surface area contributed by atoms with Gasteiger partial charge in [0.25, 0.3) is 0 Å². The van der Waals surface area contributed by atoms with Crippen molar-refractivity contribution >= 4 is 21.9 Å². The van der Waals surface area contributed by atoms with E-state index in [1.165, 1.54) is 0 Å². The second-order valence-corrected chi connectivity index (χ2v) is 5.46. The molecule has 88 valence electrons. The van der Waals surface area contributed by atoms with E-state index in [4.69, 9.17) is 0 Å². The zero-order valence-electron chi connectivity index (χ0n) is 9.46. The van der Waals surface area contributed by atoms with Crippen molar-refractivity contribution in [3.05, 3.63) is 16.1 Å². The van der Waals surface area contributed by atoms with Crippen molar-refractivity contribution in [1.29, 1.82) is 0 Å². The molecular weight excluding hydrogens is 272 g/mol. The molecule has 4 nitrogen and oxygen atoms in total. The topological polar surface area (TPSA) is 55.1 Å². The van der Waals surface area contributed by atoms with Gasteiger partial charge in [-0.05, 0) is 49.0 Å². The molecule has 1 aliphatic heterocycles. The van der Waals surface area contributed by atoms with Crippen molar-refractivity contribution in [2.24, 2.45) is 0 Å². The van der Waals surface area contributed by atoms with Crippen LogP contribution in [0.25, 0.3) is 0 Å². The van der Waals surface area contributed by atoms with Gasteiger partial charge in [-0.3, -0.25) is 4.79 Å². The number of carboxylic acids is 1. The Hall–Kier alpha value is -0.840. The Labute approximate surface area is 103 Å². The molecule has 1 aromatic heterocycles. The van der Waals surface area contributed by atoms with Gasteiger partial charge in [0, 0.05) is 6.54 Å². The SMILES string of the molecule is CC(C)(C(=O)O)c1nc(Br)c2n1CCCC2. The number of aromatic nitrogens is 2. The number of halogens is 1. The van der Waals surface area contributed by atoms with Gasteiger partial charge in [0.2, 0.25) is 0 Å². The number of fused-ring (bicyclic) bond motifs is 1. The zero-order chi connectivity index (χ0) is 11.9. The van der Waals surface area contributed by atoms with E-state index in [2.05, 4.69) is 25.5 Å². The Bertz CT molecular complexity index is 437. The van der Waals surface area contributed by atoms with Gasteiger partial charge < -0.3 is 9.67 Å². The van der Waals surface area contributed by atoms with Crippen LogP contribution in [0, 0.1) is 0 Å². The summed E-state index contributed by atoms with van der Waals surface area (Å²) in [6.45, 7) is 4.28. The van der Waals surface area contributed by atoms with Crippen LogP contribution in [0.4, 0.5) is 0 Å². The van der Waals surface area contributed by atoms with E-state index in [0.717, 1.165) is 36.1 Å². The molecule has 1 aromatic rings. The Balaban J connectivity index is 2.54. The highest BCUT2D eigenvalue weighted by atomic mass is 79.9. The third-order valence-electron chi connectivity index (χ3n) is 3.16. The van der Waals surface area contributed by atoms with Gasteiger partial charge in [0.05, 0.1) is 5.69 Å². The molecule has 0 atom stereocenters. The molecule has 2 rings (SSSR count). The Kier molecular flexibility index (Phi) is 2.82. The first-order valence-electron chi connectivity index (χ1n) is 5.43. The van der Waals surface area contributed by atoms with Crippen LogP contribution in [0.2, 0.25) is 0 Å². The van der Waals surface area contributed by atoms with Crippen LogP contribution >= 0.6 is 15.9 Å². The van der Waals surface area contributed by atoms with E-state index in [9.17, 15) is 9.90 Å². The summed E-state index contributed by atoms with van der Waals surface area (Å²) in [4.78, 5) is 15.6. The molecule has 0 aliphatic carbocycles. The molecule has 1 aliphatic rings. The second-order valence-electron chi connectivity index (χ2n) is 4.71. The summed E-state index contributed by atoms with van der Waals surface area (Å²) in [6, 6.07) is 0. The fourth-order valence-corrected chi connectivity index (χ4v) is 2.65. The lowest BCUT2D eigenvalue weighted by atomic mass is 9.92. The predicted molar refractivity (Wildman–Crippen MR) is 63.5 cm³/mol. The van der Waals surface area contributed by atoms with Crippen LogP contribution in [0.3, 0.4) is 0 Å². The first kappa shape index (κ1) is 11.6. The van der Waals surface area contributed by atoms with Gasteiger partial charge >= 0.3 is 5.97 Å². The molecule has 0 fully saturated rings. The molecular formula is C11H15BrN2O2. The maximum Gasteiger partial charge on any atom is 0.316 e. The van der Waals surface area contributed by atoms with Gasteiger partial charge in [0.1, 0.15) is 15.8 Å². The van der Waals surface area contributed by atoms with Crippen LogP contribution in [-0.2, 0) is 23.2 Å². The molecule has 5 heteroatoms. The molecule has 0 saturated carbocycles. The molecule has 0 radical (unpaired) electrons. The van der Waals surface area contributed by atoms with Gasteiger partial charge in [-0.15, -0.1) is 0 Å². The van der Waals surface area contributed by atoms with Gasteiger partial charge in [-0.1, -0.05) is 0 Å². The minimum atomic E-state index is -0.932. The van der Waals surface area contributed by atoms with E-state index >= 15 is 0 Å². The normalized spacial score (nSPS) is 15.9. The van der Waals surface area contributed by atoms with Crippen molar-refractivity contribution in [2.75, 3.05) is 0 Å². The number of hydrogen-bond donors (Lipinski definition) is 1. The summed E-state index contributed by atoms with van der Waals surface area (Å²) in [5.74, 6) is -0.181. The second kappa shape index (κ2) is 3.87. The predicted octanol–water partition coefficient (Wildman–Crippen LogP) is 2.34. The van der Waals surface area contributed by atoms with Crippen molar-refractivity contribution in [1.82, 2.24) is 9.55 Å². The maximum atomic E-state index is 11.2. The maximum absolute atomic E-state index is 11.2. The summed E-state index contributed by atoms with van der Waals surface area (Å²) in [6.07, 6.45) is 3.22. The molecule has 0 bridgehead atoms. The van der Waals surface area contributed by atoms with Gasteiger partial charge in [0.15, 0.2) is 0 Å². The highest BCUT2D eigenvalue weighted by molar-refractivity contribution is 9.10. The van der Waals surface area contributed by atoms with Crippen molar-refractivity contribution < 1.29 is 9.90 Å². The summed E-state index contributed by atoms with van der Waals surface area (Å²) >= 11 is 3.42. The molecule has 1 N–H and O–H groups in total. The third kappa shape index (κ3) is 1.67. The standard InChI is InChI=1S/C11H15BrN2O2/c1-11(2,10(15)16)9-13-8(12)7-5-3-4-6-14(7)9/h3-6H2,1-2H3,(H,15,16). The summed E-state index contributed by atoms with van der Waals surface area (Å²) in [7, 11) is 0. The monoisotopic (exact) mass is 286 g/mol. The van der Waals surface area contributed by atoms with E-state index in [1.807, 2.05) is 0 Å². The van der Waals surface area contributed by atoms with Crippen LogP contribution in [0.5, 0.6) is 0 Å². The minimum Gasteiger partial charge on any atom is -0.481 e. The number of nitrogens with zero attached hydrogens (tertiary/aromatic N) is 2. The van der Waals surface area contributed by atoms with Gasteiger partial charge in [-0.25, -0.2) is 4.98 Å². The summed E-state index contributed by atoms with van der Waals surface area (Å²) in [5, 5.41) is 9.24. The average molecular weight is 287 g/mol. The molecule has 2 heterocycles. The Morgan fingerprint density at radius 1 is 1.50 bits per heavy atom. The lowest BCUT2D eigenvalue weighted by molar-refractivity contribution is -0.142. The number of hydrogen-bond acceptors (Lipinski definition) is 2. The lowest BCUT2D eigenvalue weighted by Crippen LogP contribution is -2.33. The molecule has 0 aromatic carbocycles. The summed E-state index contributed by atoms with van der Waals surface area (Å²) in [5.41, 5.74) is 0.202. The van der Waals surface area contributed by atoms with Crippen LogP contribution in [0.1, 0.15) is 38.2 Å². The van der Waals surface area contributed by atoms with E-state index < -0.39 is 11.4 Å². The van der Waals surface area contributed by atoms with E-state index in [1.54, 1.807) is 13.8 Å². The Morgan fingerprint density at radius 2 is 2.19 bits per heavy atom. The van der Waals surface area contributed by atoms with Crippen LogP contribution in [0.15, 0.2) is 4.60 Å². The summed E-state index contributed by atoms with van der Waals surface area (Å²) < 4.78 is 2.86. The highest BCUT2D eigenvalue weighted by Gasteiger charge is 2.36. The van der Waals surface area contributed by atoms with E-state index in [-0.39, 0.29) is 0 Å². The average Bonchev–Trinajstić information content (AvgIpc) is 2.57. The highest BCUT2D eigenvalue weighted by Crippen LogP contribution is 2.31. The van der Waals surface area contributed by atoms with Crippen molar-refractivity contribution in [2.45, 2.75) is 45.1 Å². The quantitative estimate of drug-likeness (QED) is 0.908. The molecule has 16 heavy (non-hydrogen) atoms.